The van der Waals surface area contributed by atoms with Gasteiger partial charge in [-0.2, -0.15) is 0 Å². The van der Waals surface area contributed by atoms with E-state index >= 15 is 0 Å². The Morgan fingerprint density at radius 2 is 1.80 bits per heavy atom. The van der Waals surface area contributed by atoms with Gasteiger partial charge in [-0.3, -0.25) is 10.1 Å². The lowest BCUT2D eigenvalue weighted by Crippen LogP contribution is -2.39. The minimum absolute atomic E-state index is 0.0244. The van der Waals surface area contributed by atoms with Gasteiger partial charge in [0, 0.05) is 11.4 Å². The molecule has 2 amide bonds. The fourth-order valence-electron chi connectivity index (χ4n) is 2.21. The quantitative estimate of drug-likeness (QED) is 0.787. The summed E-state index contributed by atoms with van der Waals surface area (Å²) >= 11 is 0. The summed E-state index contributed by atoms with van der Waals surface area (Å²) < 4.78 is 4.50. The molecule has 0 spiro atoms. The number of hydrogen-bond acceptors (Lipinski definition) is 4. The van der Waals surface area contributed by atoms with Gasteiger partial charge < -0.3 is 15.4 Å². The van der Waals surface area contributed by atoms with E-state index in [-0.39, 0.29) is 11.9 Å². The first-order chi connectivity index (χ1) is 9.60. The SMILES string of the molecule is COC(=O)Nc1ccc(NC(=O)C2NCCC2C)cc1. The second-order valence-corrected chi connectivity index (χ2v) is 4.88. The zero-order chi connectivity index (χ0) is 14.5. The standard InChI is InChI=1S/C14H19N3O3/c1-9-7-8-15-12(9)13(18)16-10-3-5-11(6-4-10)17-14(19)20-2/h3-6,9,12,15H,7-8H2,1-2H3,(H,16,18)(H,17,19). The summed E-state index contributed by atoms with van der Waals surface area (Å²) in [5.41, 5.74) is 1.31. The number of ether oxygens (including phenoxy) is 1. The number of carbonyl (C=O) groups is 2. The zero-order valence-electron chi connectivity index (χ0n) is 11.6. The van der Waals surface area contributed by atoms with Crippen LogP contribution < -0.4 is 16.0 Å². The summed E-state index contributed by atoms with van der Waals surface area (Å²) in [5, 5.41) is 8.60. The Morgan fingerprint density at radius 1 is 1.20 bits per heavy atom. The van der Waals surface area contributed by atoms with E-state index in [1.165, 1.54) is 7.11 Å². The largest absolute Gasteiger partial charge is 0.453 e. The molecule has 0 saturated carbocycles. The van der Waals surface area contributed by atoms with Gasteiger partial charge in [0.25, 0.3) is 0 Å². The number of hydrogen-bond donors (Lipinski definition) is 3. The molecule has 1 heterocycles. The maximum Gasteiger partial charge on any atom is 0.411 e. The molecule has 1 aliphatic heterocycles. The summed E-state index contributed by atoms with van der Waals surface area (Å²) in [6.45, 7) is 2.94. The molecule has 6 nitrogen and oxygen atoms in total. The molecule has 2 rings (SSSR count). The van der Waals surface area contributed by atoms with Crippen LogP contribution in [-0.2, 0) is 9.53 Å². The van der Waals surface area contributed by atoms with Crippen molar-refractivity contribution in [3.8, 4) is 0 Å². The minimum atomic E-state index is -0.522. The average molecular weight is 277 g/mol. The maximum absolute atomic E-state index is 12.1. The van der Waals surface area contributed by atoms with E-state index in [0.717, 1.165) is 13.0 Å². The van der Waals surface area contributed by atoms with Crippen molar-refractivity contribution in [3.05, 3.63) is 24.3 Å². The van der Waals surface area contributed by atoms with E-state index < -0.39 is 6.09 Å². The Bertz CT molecular complexity index is 487. The van der Waals surface area contributed by atoms with Gasteiger partial charge >= 0.3 is 6.09 Å². The van der Waals surface area contributed by atoms with Crippen molar-refractivity contribution in [2.75, 3.05) is 24.3 Å². The molecule has 0 bridgehead atoms. The van der Waals surface area contributed by atoms with Gasteiger partial charge in [-0.1, -0.05) is 6.92 Å². The summed E-state index contributed by atoms with van der Waals surface area (Å²) in [7, 11) is 1.31. The van der Waals surface area contributed by atoms with Crippen molar-refractivity contribution in [3.63, 3.8) is 0 Å². The molecule has 0 radical (unpaired) electrons. The molecule has 0 aromatic heterocycles. The topological polar surface area (TPSA) is 79.5 Å². The smallest absolute Gasteiger partial charge is 0.411 e. The first-order valence-corrected chi connectivity index (χ1v) is 6.59. The Hall–Kier alpha value is -2.08. The third kappa shape index (κ3) is 3.48. The van der Waals surface area contributed by atoms with Crippen molar-refractivity contribution in [1.29, 1.82) is 0 Å². The summed E-state index contributed by atoms with van der Waals surface area (Å²) in [4.78, 5) is 23.1. The molecule has 1 aromatic rings. The van der Waals surface area contributed by atoms with Crippen LogP contribution in [0.1, 0.15) is 13.3 Å². The Kier molecular flexibility index (Phi) is 4.57. The molecule has 3 N–H and O–H groups in total. The van der Waals surface area contributed by atoms with Crippen molar-refractivity contribution < 1.29 is 14.3 Å². The summed E-state index contributed by atoms with van der Waals surface area (Å²) in [6.07, 6.45) is 0.492. The van der Waals surface area contributed by atoms with E-state index in [0.29, 0.717) is 17.3 Å². The van der Waals surface area contributed by atoms with Gasteiger partial charge in [0.05, 0.1) is 13.2 Å². The monoisotopic (exact) mass is 277 g/mol. The van der Waals surface area contributed by atoms with Gasteiger partial charge in [0.2, 0.25) is 5.91 Å². The van der Waals surface area contributed by atoms with Crippen molar-refractivity contribution in [2.24, 2.45) is 5.92 Å². The highest BCUT2D eigenvalue weighted by molar-refractivity contribution is 5.95. The maximum atomic E-state index is 12.1. The second-order valence-electron chi connectivity index (χ2n) is 4.88. The lowest BCUT2D eigenvalue weighted by Gasteiger charge is -2.15. The van der Waals surface area contributed by atoms with Crippen LogP contribution in [0.2, 0.25) is 0 Å². The number of carbonyl (C=O) groups excluding carboxylic acids is 2. The van der Waals surface area contributed by atoms with Crippen LogP contribution >= 0.6 is 0 Å². The number of anilines is 2. The number of nitrogens with one attached hydrogen (secondary N) is 3. The van der Waals surface area contributed by atoms with Gasteiger partial charge in [0.1, 0.15) is 0 Å². The highest BCUT2D eigenvalue weighted by Gasteiger charge is 2.29. The van der Waals surface area contributed by atoms with Crippen LogP contribution in [0.3, 0.4) is 0 Å². The molecule has 2 unspecified atom stereocenters. The van der Waals surface area contributed by atoms with Crippen molar-refractivity contribution in [1.82, 2.24) is 5.32 Å². The van der Waals surface area contributed by atoms with Crippen LogP contribution in [0.25, 0.3) is 0 Å². The highest BCUT2D eigenvalue weighted by atomic mass is 16.5. The van der Waals surface area contributed by atoms with E-state index in [1.807, 2.05) is 0 Å². The van der Waals surface area contributed by atoms with Gasteiger partial charge in [-0.05, 0) is 43.1 Å². The molecule has 1 fully saturated rings. The Labute approximate surface area is 117 Å². The average Bonchev–Trinajstić information content (AvgIpc) is 2.87. The summed E-state index contributed by atoms with van der Waals surface area (Å²) in [6, 6.07) is 6.75. The zero-order valence-corrected chi connectivity index (χ0v) is 11.6. The van der Waals surface area contributed by atoms with Gasteiger partial charge in [0.15, 0.2) is 0 Å². The fraction of sp³-hybridized carbons (Fsp3) is 0.429. The number of benzene rings is 1. The van der Waals surface area contributed by atoms with Crippen LogP contribution in [0.15, 0.2) is 24.3 Å². The normalized spacial score (nSPS) is 21.3. The predicted molar refractivity (Wildman–Crippen MR) is 76.7 cm³/mol. The lowest BCUT2D eigenvalue weighted by atomic mass is 10.0. The Balaban J connectivity index is 1.93. The molecule has 20 heavy (non-hydrogen) atoms. The van der Waals surface area contributed by atoms with Crippen LogP contribution in [0, 0.1) is 5.92 Å². The van der Waals surface area contributed by atoms with E-state index in [4.69, 9.17) is 0 Å². The molecular formula is C14H19N3O3. The number of methoxy groups -OCH3 is 1. The van der Waals surface area contributed by atoms with Crippen LogP contribution in [0.5, 0.6) is 0 Å². The molecular weight excluding hydrogens is 258 g/mol. The van der Waals surface area contributed by atoms with Crippen LogP contribution in [0.4, 0.5) is 16.2 Å². The molecule has 6 heteroatoms. The van der Waals surface area contributed by atoms with E-state index in [2.05, 4.69) is 27.6 Å². The third-order valence-corrected chi connectivity index (χ3v) is 3.40. The molecule has 1 saturated heterocycles. The Morgan fingerprint density at radius 3 is 2.30 bits per heavy atom. The third-order valence-electron chi connectivity index (χ3n) is 3.40. The number of rotatable bonds is 3. The molecule has 108 valence electrons. The summed E-state index contributed by atoms with van der Waals surface area (Å²) in [5.74, 6) is 0.318. The molecule has 2 atom stereocenters. The van der Waals surface area contributed by atoms with Gasteiger partial charge in [-0.25, -0.2) is 4.79 Å². The predicted octanol–water partition coefficient (Wildman–Crippen LogP) is 1.80. The number of amides is 2. The van der Waals surface area contributed by atoms with E-state index in [9.17, 15) is 9.59 Å². The minimum Gasteiger partial charge on any atom is -0.453 e. The first-order valence-electron chi connectivity index (χ1n) is 6.59. The van der Waals surface area contributed by atoms with Crippen molar-refractivity contribution >= 4 is 23.4 Å². The lowest BCUT2D eigenvalue weighted by molar-refractivity contribution is -0.118. The molecule has 1 aliphatic rings. The van der Waals surface area contributed by atoms with Gasteiger partial charge in [-0.15, -0.1) is 0 Å². The molecule has 0 aliphatic carbocycles. The second kappa shape index (κ2) is 6.38. The van der Waals surface area contributed by atoms with Crippen molar-refractivity contribution in [2.45, 2.75) is 19.4 Å². The van der Waals surface area contributed by atoms with Crippen LogP contribution in [-0.4, -0.2) is 31.7 Å². The van der Waals surface area contributed by atoms with E-state index in [1.54, 1.807) is 24.3 Å². The molecule has 1 aromatic carbocycles. The highest BCUT2D eigenvalue weighted by Crippen LogP contribution is 2.18. The fourth-order valence-corrected chi connectivity index (χ4v) is 2.21. The first kappa shape index (κ1) is 14.3.